The Morgan fingerprint density at radius 3 is 2.85 bits per heavy atom. The Morgan fingerprint density at radius 1 is 1.15 bits per heavy atom. The van der Waals surface area contributed by atoms with Crippen molar-refractivity contribution in [3.63, 3.8) is 0 Å². The Bertz CT molecular complexity index is 577. The lowest BCUT2D eigenvalue weighted by molar-refractivity contribution is 0.243. The summed E-state index contributed by atoms with van der Waals surface area (Å²) >= 11 is 0. The van der Waals surface area contributed by atoms with Crippen LogP contribution in [0.4, 0.5) is 10.1 Å². The molecule has 3 saturated carbocycles. The molecule has 1 aromatic rings. The summed E-state index contributed by atoms with van der Waals surface area (Å²) in [5, 5.41) is 12.7. The van der Waals surface area contributed by atoms with E-state index < -0.39 is 0 Å². The summed E-state index contributed by atoms with van der Waals surface area (Å²) in [6, 6.07) is 7.06. The van der Waals surface area contributed by atoms with Crippen molar-refractivity contribution in [2.24, 2.45) is 23.7 Å². The van der Waals surface area contributed by atoms with Gasteiger partial charge in [-0.05, 0) is 67.6 Å². The Balaban J connectivity index is 1.55. The molecule has 1 aromatic carbocycles. The first-order valence-electron chi connectivity index (χ1n) is 7.72. The summed E-state index contributed by atoms with van der Waals surface area (Å²) < 4.78 is 13.2. The van der Waals surface area contributed by atoms with Crippen molar-refractivity contribution in [2.45, 2.75) is 38.1 Å². The molecule has 5 atom stereocenters. The molecule has 0 heterocycles. The zero-order valence-electron chi connectivity index (χ0n) is 11.5. The minimum absolute atomic E-state index is 0.337. The lowest BCUT2D eigenvalue weighted by atomic mass is 9.79. The van der Waals surface area contributed by atoms with Gasteiger partial charge in [-0.25, -0.2) is 4.39 Å². The zero-order chi connectivity index (χ0) is 13.7. The van der Waals surface area contributed by atoms with Crippen molar-refractivity contribution in [1.29, 1.82) is 5.26 Å². The van der Waals surface area contributed by atoms with Gasteiger partial charge in [-0.3, -0.25) is 0 Å². The van der Waals surface area contributed by atoms with Crippen LogP contribution in [0, 0.1) is 40.8 Å². The second-order valence-corrected chi connectivity index (χ2v) is 6.71. The highest BCUT2D eigenvalue weighted by Crippen LogP contribution is 2.59. The van der Waals surface area contributed by atoms with Crippen LogP contribution in [0.5, 0.6) is 0 Å². The molecule has 1 N–H and O–H groups in total. The number of hydrogen-bond donors (Lipinski definition) is 1. The lowest BCUT2D eigenvalue weighted by Gasteiger charge is -2.32. The predicted molar refractivity (Wildman–Crippen MR) is 75.6 cm³/mol. The topological polar surface area (TPSA) is 35.8 Å². The van der Waals surface area contributed by atoms with E-state index in [1.807, 2.05) is 0 Å². The van der Waals surface area contributed by atoms with Gasteiger partial charge in [0.1, 0.15) is 11.9 Å². The molecule has 4 rings (SSSR count). The van der Waals surface area contributed by atoms with Crippen LogP contribution in [0.1, 0.15) is 37.7 Å². The van der Waals surface area contributed by atoms with Crippen LogP contribution in [0.25, 0.3) is 0 Å². The molecular formula is C17H19FN2. The number of nitrogens with one attached hydrogen (secondary N) is 1. The molecule has 20 heavy (non-hydrogen) atoms. The number of nitrogens with zero attached hydrogens (tertiary/aromatic N) is 1. The molecule has 2 nitrogen and oxygen atoms in total. The van der Waals surface area contributed by atoms with Crippen LogP contribution in [0.3, 0.4) is 0 Å². The molecule has 0 aliphatic heterocycles. The second kappa shape index (κ2) is 4.48. The fraction of sp³-hybridized carbons (Fsp3) is 0.588. The Labute approximate surface area is 119 Å². The number of halogens is 1. The second-order valence-electron chi connectivity index (χ2n) is 6.71. The quantitative estimate of drug-likeness (QED) is 0.883. The Kier molecular flexibility index (Phi) is 2.73. The van der Waals surface area contributed by atoms with Crippen LogP contribution in [-0.4, -0.2) is 6.04 Å². The fourth-order valence-electron chi connectivity index (χ4n) is 5.17. The number of rotatable bonds is 2. The van der Waals surface area contributed by atoms with E-state index in [1.54, 1.807) is 6.07 Å². The molecule has 5 unspecified atom stereocenters. The highest BCUT2D eigenvalue weighted by atomic mass is 19.1. The number of hydrogen-bond acceptors (Lipinski definition) is 2. The maximum Gasteiger partial charge on any atom is 0.124 e. The standard InChI is InChI=1S/C17H19FN2/c18-12-4-5-16(11(6-12)9-19)20-17-8-10-7-15(17)14-3-1-2-13(10)14/h4-6,10,13-15,17,20H,1-3,7-8H2. The van der Waals surface area contributed by atoms with E-state index in [1.165, 1.54) is 44.2 Å². The van der Waals surface area contributed by atoms with Gasteiger partial charge in [0.15, 0.2) is 0 Å². The third kappa shape index (κ3) is 1.74. The van der Waals surface area contributed by atoms with Crippen LogP contribution in [0.15, 0.2) is 18.2 Å². The maximum absolute atomic E-state index is 13.2. The fourth-order valence-corrected chi connectivity index (χ4v) is 5.17. The molecule has 0 amide bonds. The minimum atomic E-state index is -0.337. The van der Waals surface area contributed by atoms with Gasteiger partial charge in [0.05, 0.1) is 11.3 Å². The highest BCUT2D eigenvalue weighted by Gasteiger charge is 2.53. The first-order valence-corrected chi connectivity index (χ1v) is 7.72. The van der Waals surface area contributed by atoms with Crippen LogP contribution < -0.4 is 5.32 Å². The summed E-state index contributed by atoms with van der Waals surface area (Å²) in [6.45, 7) is 0. The summed E-state index contributed by atoms with van der Waals surface area (Å²) in [6.07, 6.45) is 6.80. The van der Waals surface area contributed by atoms with Gasteiger partial charge in [-0.15, -0.1) is 0 Å². The van der Waals surface area contributed by atoms with Gasteiger partial charge < -0.3 is 5.32 Å². The minimum Gasteiger partial charge on any atom is -0.381 e. The summed E-state index contributed by atoms with van der Waals surface area (Å²) in [5.74, 6) is 3.19. The molecule has 104 valence electrons. The van der Waals surface area contributed by atoms with E-state index >= 15 is 0 Å². The summed E-state index contributed by atoms with van der Waals surface area (Å²) in [5.41, 5.74) is 1.23. The third-order valence-corrected chi connectivity index (χ3v) is 5.87. The predicted octanol–water partition coefficient (Wildman–Crippen LogP) is 3.93. The largest absolute Gasteiger partial charge is 0.381 e. The van der Waals surface area contributed by atoms with Gasteiger partial charge in [0.25, 0.3) is 0 Å². The van der Waals surface area contributed by atoms with Crippen molar-refractivity contribution in [2.75, 3.05) is 5.32 Å². The van der Waals surface area contributed by atoms with Gasteiger partial charge in [0, 0.05) is 6.04 Å². The molecule has 0 saturated heterocycles. The Morgan fingerprint density at radius 2 is 2.00 bits per heavy atom. The molecule has 2 bridgehead atoms. The summed E-state index contributed by atoms with van der Waals surface area (Å²) in [4.78, 5) is 0. The van der Waals surface area contributed by atoms with Crippen molar-refractivity contribution >= 4 is 5.69 Å². The van der Waals surface area contributed by atoms with Gasteiger partial charge >= 0.3 is 0 Å². The van der Waals surface area contributed by atoms with E-state index in [4.69, 9.17) is 5.26 Å². The van der Waals surface area contributed by atoms with E-state index in [0.717, 1.165) is 29.4 Å². The molecule has 3 heteroatoms. The first kappa shape index (κ1) is 12.2. The number of nitriles is 1. The average molecular weight is 270 g/mol. The van der Waals surface area contributed by atoms with E-state index in [2.05, 4.69) is 11.4 Å². The molecule has 0 radical (unpaired) electrons. The van der Waals surface area contributed by atoms with Crippen LogP contribution in [-0.2, 0) is 0 Å². The van der Waals surface area contributed by atoms with E-state index in [-0.39, 0.29) is 5.82 Å². The maximum atomic E-state index is 13.2. The molecule has 0 aromatic heterocycles. The molecule has 3 fully saturated rings. The Hall–Kier alpha value is -1.56. The smallest absolute Gasteiger partial charge is 0.124 e. The number of anilines is 1. The third-order valence-electron chi connectivity index (χ3n) is 5.87. The van der Waals surface area contributed by atoms with Gasteiger partial charge in [-0.1, -0.05) is 6.42 Å². The number of benzene rings is 1. The van der Waals surface area contributed by atoms with Gasteiger partial charge in [0.2, 0.25) is 0 Å². The SMILES string of the molecule is N#Cc1cc(F)ccc1NC1CC2CC1C1CCCC21. The van der Waals surface area contributed by atoms with Crippen molar-refractivity contribution in [3.8, 4) is 6.07 Å². The van der Waals surface area contributed by atoms with Crippen molar-refractivity contribution in [1.82, 2.24) is 0 Å². The zero-order valence-corrected chi connectivity index (χ0v) is 11.5. The first-order chi connectivity index (χ1) is 9.76. The van der Waals surface area contributed by atoms with Crippen molar-refractivity contribution in [3.05, 3.63) is 29.6 Å². The van der Waals surface area contributed by atoms with E-state index in [0.29, 0.717) is 11.6 Å². The van der Waals surface area contributed by atoms with Crippen LogP contribution >= 0.6 is 0 Å². The molecule has 0 spiro atoms. The van der Waals surface area contributed by atoms with Crippen LogP contribution in [0.2, 0.25) is 0 Å². The van der Waals surface area contributed by atoms with Gasteiger partial charge in [-0.2, -0.15) is 5.26 Å². The molecule has 3 aliphatic rings. The number of fused-ring (bicyclic) bond motifs is 5. The summed E-state index contributed by atoms with van der Waals surface area (Å²) in [7, 11) is 0. The monoisotopic (exact) mass is 270 g/mol. The molecular weight excluding hydrogens is 251 g/mol. The average Bonchev–Trinajstić information content (AvgIpc) is 3.12. The lowest BCUT2D eigenvalue weighted by Crippen LogP contribution is -2.34. The molecule has 3 aliphatic carbocycles. The normalized spacial score (nSPS) is 37.7. The highest BCUT2D eigenvalue weighted by molar-refractivity contribution is 5.58. The van der Waals surface area contributed by atoms with E-state index in [9.17, 15) is 4.39 Å². The van der Waals surface area contributed by atoms with Crippen molar-refractivity contribution < 1.29 is 4.39 Å².